The first kappa shape index (κ1) is 55.9. The normalized spacial score (nSPS) is 11.3. The van der Waals surface area contributed by atoms with E-state index in [4.69, 9.17) is 22.9 Å². The molecule has 0 saturated heterocycles. The summed E-state index contributed by atoms with van der Waals surface area (Å²) in [6.07, 6.45) is 14.5. The molecule has 0 spiro atoms. The molecule has 67 heavy (non-hydrogen) atoms. The number of hydrogen-bond donors (Lipinski definition) is 6. The van der Waals surface area contributed by atoms with Gasteiger partial charge in [0.1, 0.15) is 23.3 Å². The number of anilines is 8. The molecular formula is C42H79ClN24. The van der Waals surface area contributed by atoms with Crippen molar-refractivity contribution in [2.24, 2.45) is 0 Å². The summed E-state index contributed by atoms with van der Waals surface area (Å²) in [5.41, 5.74) is 24.1. The summed E-state index contributed by atoms with van der Waals surface area (Å²) in [5.74, 6) is 5.23. The minimum atomic E-state index is 0. The third-order valence-corrected chi connectivity index (χ3v) is 10.4. The van der Waals surface area contributed by atoms with E-state index in [0.717, 1.165) is 52.1 Å². The third kappa shape index (κ3) is 21.8. The van der Waals surface area contributed by atoms with Gasteiger partial charge in [-0.05, 0) is 51.9 Å². The summed E-state index contributed by atoms with van der Waals surface area (Å²) in [4.78, 5) is 64.6. The Balaban J connectivity index is 0.0000119. The Labute approximate surface area is 403 Å². The van der Waals surface area contributed by atoms with Gasteiger partial charge in [-0.1, -0.05) is 51.4 Å². The summed E-state index contributed by atoms with van der Waals surface area (Å²) < 4.78 is 0. The Hall–Kier alpha value is -5.43. The van der Waals surface area contributed by atoms with Gasteiger partial charge in [0.2, 0.25) is 47.6 Å². The van der Waals surface area contributed by atoms with Crippen LogP contribution in [0.15, 0.2) is 0 Å². The molecule has 0 radical (unpaired) electrons. The molecule has 0 aliphatic carbocycles. The first-order chi connectivity index (χ1) is 31.6. The van der Waals surface area contributed by atoms with Gasteiger partial charge in [0, 0.05) is 69.5 Å². The van der Waals surface area contributed by atoms with Crippen molar-refractivity contribution in [3.63, 3.8) is 0 Å². The van der Waals surface area contributed by atoms with E-state index in [9.17, 15) is 0 Å². The Bertz CT molecular complexity index is 1740. The molecule has 0 aromatic carbocycles. The van der Waals surface area contributed by atoms with Gasteiger partial charge in [0.15, 0.2) is 0 Å². The van der Waals surface area contributed by atoms with Crippen molar-refractivity contribution < 1.29 is 0 Å². The van der Waals surface area contributed by atoms with Gasteiger partial charge >= 0.3 is 0 Å². The van der Waals surface area contributed by atoms with Crippen LogP contribution in [0.2, 0.25) is 0 Å². The van der Waals surface area contributed by atoms with Crippen LogP contribution in [0.25, 0.3) is 0 Å². The molecule has 4 heterocycles. The summed E-state index contributed by atoms with van der Waals surface area (Å²) in [7, 11) is 15.0. The van der Waals surface area contributed by atoms with E-state index in [-0.39, 0.29) is 36.2 Å². The lowest BCUT2D eigenvalue weighted by Crippen LogP contribution is -2.30. The van der Waals surface area contributed by atoms with Crippen molar-refractivity contribution in [3.8, 4) is 0 Å². The van der Waals surface area contributed by atoms with Crippen LogP contribution in [0.4, 0.5) is 47.6 Å². The average molecular weight is 956 g/mol. The van der Waals surface area contributed by atoms with Gasteiger partial charge < -0.3 is 53.2 Å². The van der Waals surface area contributed by atoms with Crippen LogP contribution in [0, 0.1) is 0 Å². The van der Waals surface area contributed by atoms with Crippen LogP contribution in [0.3, 0.4) is 0 Å². The summed E-state index contributed by atoms with van der Waals surface area (Å²) in [5, 5.41) is 7.25. The molecule has 0 bridgehead atoms. The number of aromatic nitrogens is 12. The minimum absolute atomic E-state index is 0. The molecule has 0 amide bonds. The standard InChI is InChI=1S/C42H78N24.ClH/c1-61(2)39-53-31(49-35(43)57-39)27-65(28-32-50-36(44)58-40(54-32)62(3)4)25-19-23-47-21-17-15-13-11-9-10-12-14-16-18-22-48-24-20-26-66(29-33-51-37(45)59-41(55-33)63(5)6)30-34-52-38(46)60-42(56-34)64(7)8;/h47-48H,9-30H2,1-8H3,(H2,43,49,53,57)(H2,44,50,54,58)(H2,45,51,55,59)(H2,46,52,56,60);1H. The number of halogens is 1. The Kier molecular flexibility index (Phi) is 25.1. The molecule has 4 aromatic heterocycles. The fourth-order valence-corrected chi connectivity index (χ4v) is 7.03. The van der Waals surface area contributed by atoms with Gasteiger partial charge in [-0.25, -0.2) is 0 Å². The summed E-state index contributed by atoms with van der Waals surface area (Å²) >= 11 is 0. The predicted octanol–water partition coefficient (Wildman–Crippen LogP) is 2.01. The number of nitrogens with one attached hydrogen (secondary N) is 2. The molecule has 24 nitrogen and oxygen atoms in total. The molecule has 4 aromatic rings. The highest BCUT2D eigenvalue weighted by molar-refractivity contribution is 5.85. The van der Waals surface area contributed by atoms with Crippen molar-refractivity contribution >= 4 is 60.0 Å². The van der Waals surface area contributed by atoms with Crippen molar-refractivity contribution in [1.82, 2.24) is 80.2 Å². The van der Waals surface area contributed by atoms with Crippen molar-refractivity contribution in [1.29, 1.82) is 0 Å². The van der Waals surface area contributed by atoms with Crippen LogP contribution >= 0.6 is 12.4 Å². The first-order valence-electron chi connectivity index (χ1n) is 23.2. The van der Waals surface area contributed by atoms with Gasteiger partial charge in [-0.2, -0.15) is 59.8 Å². The SMILES string of the molecule is CN(C)c1nc(N)nc(CN(CCCNCCCCCCCCCCCCNCCCN(Cc2nc(N)nc(N(C)C)n2)Cc2nc(N)nc(N(C)C)n2)Cc2nc(N)nc(N(C)C)n2)n1.Cl. The Morgan fingerprint density at radius 1 is 0.313 bits per heavy atom. The minimum Gasteiger partial charge on any atom is -0.368 e. The van der Waals surface area contributed by atoms with E-state index < -0.39 is 0 Å². The monoisotopic (exact) mass is 955 g/mol. The first-order valence-corrected chi connectivity index (χ1v) is 23.2. The summed E-state index contributed by atoms with van der Waals surface area (Å²) in [6, 6.07) is 0. The highest BCUT2D eigenvalue weighted by atomic mass is 35.5. The van der Waals surface area contributed by atoms with E-state index in [2.05, 4.69) is 80.2 Å². The second-order valence-corrected chi connectivity index (χ2v) is 17.4. The lowest BCUT2D eigenvalue weighted by Gasteiger charge is -2.22. The van der Waals surface area contributed by atoms with E-state index >= 15 is 0 Å². The maximum atomic E-state index is 6.01. The number of unbranched alkanes of at least 4 members (excludes halogenated alkanes) is 9. The van der Waals surface area contributed by atoms with Gasteiger partial charge in [-0.15, -0.1) is 12.4 Å². The molecule has 0 atom stereocenters. The molecule has 0 aliphatic heterocycles. The van der Waals surface area contributed by atoms with Crippen LogP contribution < -0.4 is 53.2 Å². The Morgan fingerprint density at radius 2 is 0.537 bits per heavy atom. The molecule has 10 N–H and O–H groups in total. The Morgan fingerprint density at radius 3 is 0.776 bits per heavy atom. The van der Waals surface area contributed by atoms with E-state index in [1.54, 1.807) is 0 Å². The van der Waals surface area contributed by atoms with Crippen molar-refractivity contribution in [2.75, 3.05) is 138 Å². The molecular weight excluding hydrogens is 876 g/mol. The number of rotatable bonds is 33. The van der Waals surface area contributed by atoms with E-state index in [1.807, 2.05) is 76.0 Å². The lowest BCUT2D eigenvalue weighted by molar-refractivity contribution is 0.240. The van der Waals surface area contributed by atoms with Crippen LogP contribution in [0.5, 0.6) is 0 Å². The zero-order chi connectivity index (χ0) is 47.8. The second kappa shape index (κ2) is 30.1. The number of hydrogen-bond acceptors (Lipinski definition) is 24. The van der Waals surface area contributed by atoms with Gasteiger partial charge in [0.05, 0.1) is 26.2 Å². The molecule has 374 valence electrons. The predicted molar refractivity (Wildman–Crippen MR) is 271 cm³/mol. The fourth-order valence-electron chi connectivity index (χ4n) is 7.03. The number of nitrogen functional groups attached to an aromatic ring is 4. The maximum absolute atomic E-state index is 6.01. The average Bonchev–Trinajstić information content (AvgIpc) is 3.24. The molecule has 0 fully saturated rings. The van der Waals surface area contributed by atoms with Crippen molar-refractivity contribution in [2.45, 2.75) is 103 Å². The second-order valence-electron chi connectivity index (χ2n) is 17.4. The highest BCUT2D eigenvalue weighted by Crippen LogP contribution is 2.15. The smallest absolute Gasteiger partial charge is 0.229 e. The highest BCUT2D eigenvalue weighted by Gasteiger charge is 2.17. The third-order valence-electron chi connectivity index (χ3n) is 10.4. The molecule has 25 heteroatoms. The summed E-state index contributed by atoms with van der Waals surface area (Å²) in [6.45, 7) is 7.29. The molecule has 0 unspecified atom stereocenters. The molecule has 0 saturated carbocycles. The van der Waals surface area contributed by atoms with Crippen molar-refractivity contribution in [3.05, 3.63) is 23.3 Å². The lowest BCUT2D eigenvalue weighted by atomic mass is 10.1. The van der Waals surface area contributed by atoms with E-state index in [1.165, 1.54) is 64.2 Å². The largest absolute Gasteiger partial charge is 0.368 e. The number of nitrogens with zero attached hydrogens (tertiary/aromatic N) is 18. The van der Waals surface area contributed by atoms with Gasteiger partial charge in [-0.3, -0.25) is 9.80 Å². The maximum Gasteiger partial charge on any atom is 0.229 e. The zero-order valence-corrected chi connectivity index (χ0v) is 42.1. The molecule has 0 aliphatic rings. The fraction of sp³-hybridized carbons (Fsp3) is 0.714. The van der Waals surface area contributed by atoms with Crippen LogP contribution in [-0.4, -0.2) is 165 Å². The topological polar surface area (TPSA) is 302 Å². The molecule has 4 rings (SSSR count). The quantitative estimate of drug-likeness (QED) is 0.0372. The van der Waals surface area contributed by atoms with E-state index in [0.29, 0.717) is 73.3 Å². The van der Waals surface area contributed by atoms with Gasteiger partial charge in [0.25, 0.3) is 0 Å². The number of nitrogens with two attached hydrogens (primary N) is 4. The van der Waals surface area contributed by atoms with Crippen LogP contribution in [0.1, 0.15) is 100 Å². The zero-order valence-electron chi connectivity index (χ0n) is 41.3. The van der Waals surface area contributed by atoms with Crippen LogP contribution in [-0.2, 0) is 26.2 Å².